The Hall–Kier alpha value is -2.33. The standard InChI is InChI=1S/C21H22N2OS/c1-4-18-13-20(24-19-10-6-8-16(3)12-19)23-21(22-18)25-14-17-9-5-7-15(2)11-17/h5-13H,4,14H2,1-3H3. The van der Waals surface area contributed by atoms with Crippen molar-refractivity contribution in [1.29, 1.82) is 0 Å². The monoisotopic (exact) mass is 350 g/mol. The number of thioether (sulfide) groups is 1. The first-order valence-corrected chi connectivity index (χ1v) is 9.42. The summed E-state index contributed by atoms with van der Waals surface area (Å²) < 4.78 is 5.95. The van der Waals surface area contributed by atoms with Crippen LogP contribution in [-0.2, 0) is 12.2 Å². The van der Waals surface area contributed by atoms with Gasteiger partial charge in [-0.2, -0.15) is 4.98 Å². The van der Waals surface area contributed by atoms with Gasteiger partial charge < -0.3 is 4.74 Å². The minimum Gasteiger partial charge on any atom is -0.439 e. The van der Waals surface area contributed by atoms with E-state index >= 15 is 0 Å². The molecule has 0 saturated heterocycles. The first-order chi connectivity index (χ1) is 12.1. The second-order valence-electron chi connectivity index (χ2n) is 6.03. The van der Waals surface area contributed by atoms with Gasteiger partial charge in [-0.15, -0.1) is 0 Å². The molecule has 0 bridgehead atoms. The molecular formula is C21H22N2OS. The first-order valence-electron chi connectivity index (χ1n) is 8.43. The van der Waals surface area contributed by atoms with E-state index in [-0.39, 0.29) is 0 Å². The molecule has 3 aromatic rings. The molecular weight excluding hydrogens is 328 g/mol. The van der Waals surface area contributed by atoms with Crippen LogP contribution in [0.2, 0.25) is 0 Å². The summed E-state index contributed by atoms with van der Waals surface area (Å²) in [5.41, 5.74) is 4.70. The van der Waals surface area contributed by atoms with Crippen LogP contribution in [0.25, 0.3) is 0 Å². The SMILES string of the molecule is CCc1cc(Oc2cccc(C)c2)nc(SCc2cccc(C)c2)n1. The van der Waals surface area contributed by atoms with Gasteiger partial charge in [-0.1, -0.05) is 60.6 Å². The minimum absolute atomic E-state index is 0.601. The van der Waals surface area contributed by atoms with Crippen molar-refractivity contribution < 1.29 is 4.74 Å². The molecule has 0 fully saturated rings. The van der Waals surface area contributed by atoms with E-state index in [1.54, 1.807) is 11.8 Å². The Bertz CT molecular complexity index is 864. The molecule has 0 N–H and O–H groups in total. The number of hydrogen-bond donors (Lipinski definition) is 0. The van der Waals surface area contributed by atoms with E-state index in [2.05, 4.69) is 48.1 Å². The fourth-order valence-electron chi connectivity index (χ4n) is 2.50. The molecule has 0 aliphatic heterocycles. The molecule has 0 aliphatic carbocycles. The Morgan fingerprint density at radius 2 is 1.68 bits per heavy atom. The molecule has 3 rings (SSSR count). The van der Waals surface area contributed by atoms with Crippen LogP contribution >= 0.6 is 11.8 Å². The zero-order chi connectivity index (χ0) is 17.6. The Morgan fingerprint density at radius 3 is 2.40 bits per heavy atom. The second kappa shape index (κ2) is 8.17. The molecule has 25 heavy (non-hydrogen) atoms. The maximum absolute atomic E-state index is 5.95. The maximum Gasteiger partial charge on any atom is 0.223 e. The Balaban J connectivity index is 1.77. The van der Waals surface area contributed by atoms with E-state index in [1.165, 1.54) is 11.1 Å². The topological polar surface area (TPSA) is 35.0 Å². The highest BCUT2D eigenvalue weighted by atomic mass is 32.2. The average molecular weight is 350 g/mol. The average Bonchev–Trinajstić information content (AvgIpc) is 2.60. The fraction of sp³-hybridized carbons (Fsp3) is 0.238. The summed E-state index contributed by atoms with van der Waals surface area (Å²) in [4.78, 5) is 9.19. The van der Waals surface area contributed by atoms with Gasteiger partial charge in [-0.3, -0.25) is 0 Å². The van der Waals surface area contributed by atoms with E-state index in [0.717, 1.165) is 34.3 Å². The molecule has 0 atom stereocenters. The van der Waals surface area contributed by atoms with Gasteiger partial charge in [0.15, 0.2) is 5.16 Å². The highest BCUT2D eigenvalue weighted by Crippen LogP contribution is 2.26. The summed E-state index contributed by atoms with van der Waals surface area (Å²) in [6.07, 6.45) is 0.852. The number of aromatic nitrogens is 2. The van der Waals surface area contributed by atoms with Crippen molar-refractivity contribution in [3.63, 3.8) is 0 Å². The molecule has 0 aliphatic rings. The predicted octanol–water partition coefficient (Wildman–Crippen LogP) is 5.74. The summed E-state index contributed by atoms with van der Waals surface area (Å²) in [7, 11) is 0. The maximum atomic E-state index is 5.95. The quantitative estimate of drug-likeness (QED) is 0.419. The highest BCUT2D eigenvalue weighted by molar-refractivity contribution is 7.98. The van der Waals surface area contributed by atoms with Gasteiger partial charge >= 0.3 is 0 Å². The normalized spacial score (nSPS) is 10.7. The largest absolute Gasteiger partial charge is 0.439 e. The fourth-order valence-corrected chi connectivity index (χ4v) is 3.31. The molecule has 1 aromatic heterocycles. The molecule has 4 heteroatoms. The van der Waals surface area contributed by atoms with Crippen LogP contribution in [0.5, 0.6) is 11.6 Å². The lowest BCUT2D eigenvalue weighted by atomic mass is 10.2. The number of ether oxygens (including phenoxy) is 1. The Labute approximate surface area is 153 Å². The Kier molecular flexibility index (Phi) is 5.71. The zero-order valence-electron chi connectivity index (χ0n) is 14.8. The van der Waals surface area contributed by atoms with Crippen molar-refractivity contribution in [3.8, 4) is 11.6 Å². The molecule has 0 unspecified atom stereocenters. The number of hydrogen-bond acceptors (Lipinski definition) is 4. The summed E-state index contributed by atoms with van der Waals surface area (Å²) in [6.45, 7) is 6.25. The first kappa shape index (κ1) is 17.5. The van der Waals surface area contributed by atoms with Crippen LogP contribution in [0.3, 0.4) is 0 Å². The van der Waals surface area contributed by atoms with E-state index in [0.29, 0.717) is 5.88 Å². The van der Waals surface area contributed by atoms with Crippen LogP contribution in [0, 0.1) is 13.8 Å². The number of nitrogens with zero attached hydrogens (tertiary/aromatic N) is 2. The van der Waals surface area contributed by atoms with Crippen molar-refractivity contribution in [2.45, 2.75) is 38.1 Å². The van der Waals surface area contributed by atoms with E-state index in [9.17, 15) is 0 Å². The van der Waals surface area contributed by atoms with Crippen LogP contribution in [0.4, 0.5) is 0 Å². The molecule has 0 saturated carbocycles. The van der Waals surface area contributed by atoms with Gasteiger partial charge in [0.25, 0.3) is 0 Å². The van der Waals surface area contributed by atoms with Crippen molar-refractivity contribution in [3.05, 3.63) is 77.0 Å². The summed E-state index contributed by atoms with van der Waals surface area (Å²) in [6, 6.07) is 18.4. The lowest BCUT2D eigenvalue weighted by Crippen LogP contribution is -1.97. The smallest absolute Gasteiger partial charge is 0.223 e. The number of rotatable bonds is 6. The molecule has 1 heterocycles. The second-order valence-corrected chi connectivity index (χ2v) is 6.97. The van der Waals surface area contributed by atoms with Gasteiger partial charge in [0, 0.05) is 17.5 Å². The summed E-state index contributed by atoms with van der Waals surface area (Å²) in [5, 5.41) is 0.753. The minimum atomic E-state index is 0.601. The molecule has 2 aromatic carbocycles. The van der Waals surface area contributed by atoms with Crippen molar-refractivity contribution in [1.82, 2.24) is 9.97 Å². The molecule has 128 valence electrons. The van der Waals surface area contributed by atoms with Gasteiger partial charge in [-0.25, -0.2) is 4.98 Å². The van der Waals surface area contributed by atoms with E-state index in [4.69, 9.17) is 4.74 Å². The van der Waals surface area contributed by atoms with Gasteiger partial charge in [0.2, 0.25) is 5.88 Å². The zero-order valence-corrected chi connectivity index (χ0v) is 15.6. The summed E-state index contributed by atoms with van der Waals surface area (Å²) >= 11 is 1.64. The van der Waals surface area contributed by atoms with Gasteiger partial charge in [-0.05, 0) is 43.5 Å². The van der Waals surface area contributed by atoms with E-state index < -0.39 is 0 Å². The third-order valence-electron chi connectivity index (χ3n) is 3.76. The number of benzene rings is 2. The third kappa shape index (κ3) is 5.07. The van der Waals surface area contributed by atoms with Crippen LogP contribution in [0.15, 0.2) is 59.8 Å². The predicted molar refractivity (Wildman–Crippen MR) is 103 cm³/mol. The summed E-state index contributed by atoms with van der Waals surface area (Å²) in [5.74, 6) is 2.25. The van der Waals surface area contributed by atoms with Crippen molar-refractivity contribution >= 4 is 11.8 Å². The molecule has 0 radical (unpaired) electrons. The van der Waals surface area contributed by atoms with Gasteiger partial charge in [0.1, 0.15) is 5.75 Å². The van der Waals surface area contributed by atoms with Crippen LogP contribution in [0.1, 0.15) is 29.3 Å². The lowest BCUT2D eigenvalue weighted by Gasteiger charge is -2.09. The van der Waals surface area contributed by atoms with Gasteiger partial charge in [0.05, 0.1) is 0 Å². The molecule has 0 spiro atoms. The lowest BCUT2D eigenvalue weighted by molar-refractivity contribution is 0.453. The van der Waals surface area contributed by atoms with Crippen LogP contribution < -0.4 is 4.74 Å². The van der Waals surface area contributed by atoms with Crippen LogP contribution in [-0.4, -0.2) is 9.97 Å². The number of aryl methyl sites for hydroxylation is 3. The highest BCUT2D eigenvalue weighted by Gasteiger charge is 2.07. The van der Waals surface area contributed by atoms with E-state index in [1.807, 2.05) is 37.3 Å². The van der Waals surface area contributed by atoms with Crippen molar-refractivity contribution in [2.24, 2.45) is 0 Å². The molecule has 0 amide bonds. The molecule has 3 nitrogen and oxygen atoms in total. The van der Waals surface area contributed by atoms with Crippen molar-refractivity contribution in [2.75, 3.05) is 0 Å². The third-order valence-corrected chi connectivity index (χ3v) is 4.68. The Morgan fingerprint density at radius 1 is 0.920 bits per heavy atom.